The van der Waals surface area contributed by atoms with Crippen LogP contribution in [0.1, 0.15) is 17.2 Å². The topological polar surface area (TPSA) is 79.3 Å². The number of nitrogens with zero attached hydrogens (tertiary/aromatic N) is 1. The van der Waals surface area contributed by atoms with E-state index < -0.39 is 0 Å². The van der Waals surface area contributed by atoms with Crippen molar-refractivity contribution < 1.29 is 9.84 Å². The summed E-state index contributed by atoms with van der Waals surface area (Å²) >= 11 is 0. The standard InChI is InChI=1S/C9H8N2O2/c10-3-5-1-2-7(12)9-8(5)6(11)4-13-9/h1-2,6,12H,4,11H2/t6-/m0/s1. The van der Waals surface area contributed by atoms with E-state index in [0.717, 1.165) is 0 Å². The van der Waals surface area contributed by atoms with Crippen LogP contribution in [0.4, 0.5) is 0 Å². The number of aromatic hydroxyl groups is 1. The number of hydrogen-bond acceptors (Lipinski definition) is 4. The Morgan fingerprint density at radius 2 is 2.38 bits per heavy atom. The first-order valence-electron chi connectivity index (χ1n) is 3.88. The normalized spacial score (nSPS) is 18.9. The van der Waals surface area contributed by atoms with Crippen LogP contribution in [0.3, 0.4) is 0 Å². The molecule has 1 atom stereocenters. The van der Waals surface area contributed by atoms with Crippen LogP contribution in [0.15, 0.2) is 12.1 Å². The first-order chi connectivity index (χ1) is 6.24. The molecule has 0 spiro atoms. The molecule has 0 unspecified atom stereocenters. The Kier molecular flexibility index (Phi) is 1.61. The van der Waals surface area contributed by atoms with Crippen LogP contribution in [-0.4, -0.2) is 11.7 Å². The van der Waals surface area contributed by atoms with Crippen molar-refractivity contribution in [3.05, 3.63) is 23.3 Å². The van der Waals surface area contributed by atoms with Crippen molar-refractivity contribution in [2.75, 3.05) is 6.61 Å². The molecule has 0 fully saturated rings. The number of nitriles is 1. The van der Waals surface area contributed by atoms with Crippen LogP contribution in [0.25, 0.3) is 0 Å². The van der Waals surface area contributed by atoms with Gasteiger partial charge in [0.1, 0.15) is 6.61 Å². The van der Waals surface area contributed by atoms with Crippen LogP contribution >= 0.6 is 0 Å². The van der Waals surface area contributed by atoms with E-state index in [1.165, 1.54) is 6.07 Å². The Hall–Kier alpha value is -1.73. The van der Waals surface area contributed by atoms with Gasteiger partial charge in [-0.05, 0) is 12.1 Å². The number of phenolic OH excluding ortho intramolecular Hbond substituents is 1. The fraction of sp³-hybridized carbons (Fsp3) is 0.222. The van der Waals surface area contributed by atoms with Crippen molar-refractivity contribution >= 4 is 0 Å². The zero-order valence-electron chi connectivity index (χ0n) is 6.82. The Balaban J connectivity index is 2.68. The maximum Gasteiger partial charge on any atom is 0.167 e. The van der Waals surface area contributed by atoms with Crippen LogP contribution in [0, 0.1) is 11.3 Å². The van der Waals surface area contributed by atoms with Gasteiger partial charge < -0.3 is 15.6 Å². The number of phenols is 1. The molecule has 1 aliphatic rings. The lowest BCUT2D eigenvalue weighted by Crippen LogP contribution is -2.11. The van der Waals surface area contributed by atoms with Gasteiger partial charge in [0, 0.05) is 5.56 Å². The fourth-order valence-electron chi connectivity index (χ4n) is 1.46. The second kappa shape index (κ2) is 2.64. The minimum atomic E-state index is -0.309. The molecule has 0 aliphatic carbocycles. The van der Waals surface area contributed by atoms with E-state index in [1.807, 2.05) is 6.07 Å². The van der Waals surface area contributed by atoms with E-state index in [1.54, 1.807) is 6.07 Å². The summed E-state index contributed by atoms with van der Waals surface area (Å²) in [5, 5.41) is 18.1. The van der Waals surface area contributed by atoms with Gasteiger partial charge in [-0.15, -0.1) is 0 Å². The Bertz CT molecular complexity index is 395. The Morgan fingerprint density at radius 1 is 1.62 bits per heavy atom. The molecule has 0 saturated carbocycles. The van der Waals surface area contributed by atoms with Crippen LogP contribution in [0.2, 0.25) is 0 Å². The van der Waals surface area contributed by atoms with Crippen molar-refractivity contribution in [3.63, 3.8) is 0 Å². The summed E-state index contributed by atoms with van der Waals surface area (Å²) < 4.78 is 5.16. The van der Waals surface area contributed by atoms with Gasteiger partial charge in [-0.3, -0.25) is 0 Å². The van der Waals surface area contributed by atoms with Gasteiger partial charge in [0.15, 0.2) is 11.5 Å². The van der Waals surface area contributed by atoms with E-state index in [2.05, 4.69) is 0 Å². The van der Waals surface area contributed by atoms with Gasteiger partial charge in [-0.25, -0.2) is 0 Å². The van der Waals surface area contributed by atoms with Gasteiger partial charge in [-0.1, -0.05) is 0 Å². The minimum Gasteiger partial charge on any atom is -0.504 e. The number of rotatable bonds is 0. The average Bonchev–Trinajstić information content (AvgIpc) is 2.51. The average molecular weight is 176 g/mol. The van der Waals surface area contributed by atoms with Crippen molar-refractivity contribution in [3.8, 4) is 17.6 Å². The van der Waals surface area contributed by atoms with E-state index >= 15 is 0 Å². The highest BCUT2D eigenvalue weighted by Crippen LogP contribution is 2.40. The lowest BCUT2D eigenvalue weighted by Gasteiger charge is -2.04. The third-order valence-corrected chi connectivity index (χ3v) is 2.07. The van der Waals surface area contributed by atoms with E-state index in [9.17, 15) is 5.11 Å². The van der Waals surface area contributed by atoms with Gasteiger partial charge >= 0.3 is 0 Å². The fourth-order valence-corrected chi connectivity index (χ4v) is 1.46. The van der Waals surface area contributed by atoms with Crippen molar-refractivity contribution in [2.45, 2.75) is 6.04 Å². The maximum absolute atomic E-state index is 9.38. The SMILES string of the molecule is N#Cc1ccc(O)c2c1[C@@H](N)CO2. The molecule has 1 heterocycles. The Labute approximate surface area is 75.2 Å². The second-order valence-corrected chi connectivity index (χ2v) is 2.90. The van der Waals surface area contributed by atoms with Crippen LogP contribution < -0.4 is 10.5 Å². The quantitative estimate of drug-likeness (QED) is 0.608. The molecule has 0 amide bonds. The molecule has 1 aliphatic heterocycles. The second-order valence-electron chi connectivity index (χ2n) is 2.90. The third-order valence-electron chi connectivity index (χ3n) is 2.07. The first-order valence-corrected chi connectivity index (χ1v) is 3.88. The maximum atomic E-state index is 9.38. The number of nitrogens with two attached hydrogens (primary N) is 1. The number of hydrogen-bond donors (Lipinski definition) is 2. The van der Waals surface area contributed by atoms with E-state index in [0.29, 0.717) is 23.5 Å². The predicted molar refractivity (Wildman–Crippen MR) is 45.2 cm³/mol. The third kappa shape index (κ3) is 1.02. The predicted octanol–water partition coefficient (Wildman–Crippen LogP) is 0.656. The molecule has 2 rings (SSSR count). The number of ether oxygens (including phenoxy) is 1. The molecule has 0 aromatic heterocycles. The Morgan fingerprint density at radius 3 is 3.08 bits per heavy atom. The van der Waals surface area contributed by atoms with Gasteiger partial charge in [-0.2, -0.15) is 5.26 Å². The molecule has 3 N–H and O–H groups in total. The van der Waals surface area contributed by atoms with Crippen LogP contribution in [0.5, 0.6) is 11.5 Å². The first kappa shape index (κ1) is 7.90. The smallest absolute Gasteiger partial charge is 0.167 e. The monoisotopic (exact) mass is 176 g/mol. The molecule has 13 heavy (non-hydrogen) atoms. The van der Waals surface area contributed by atoms with Gasteiger partial charge in [0.2, 0.25) is 0 Å². The van der Waals surface area contributed by atoms with E-state index in [-0.39, 0.29) is 11.8 Å². The van der Waals surface area contributed by atoms with Crippen LogP contribution in [-0.2, 0) is 0 Å². The van der Waals surface area contributed by atoms with E-state index in [4.69, 9.17) is 15.7 Å². The molecule has 4 heteroatoms. The van der Waals surface area contributed by atoms with Crippen molar-refractivity contribution in [1.82, 2.24) is 0 Å². The molecule has 4 nitrogen and oxygen atoms in total. The highest BCUT2D eigenvalue weighted by atomic mass is 16.5. The van der Waals surface area contributed by atoms with Crippen molar-refractivity contribution in [1.29, 1.82) is 5.26 Å². The summed E-state index contributed by atoms with van der Waals surface area (Å²) in [6.45, 7) is 0.321. The molecular weight excluding hydrogens is 168 g/mol. The lowest BCUT2D eigenvalue weighted by atomic mass is 10.0. The summed E-state index contributed by atoms with van der Waals surface area (Å²) in [4.78, 5) is 0. The highest BCUT2D eigenvalue weighted by molar-refractivity contribution is 5.57. The molecule has 0 saturated heterocycles. The van der Waals surface area contributed by atoms with Gasteiger partial charge in [0.05, 0.1) is 17.7 Å². The molecule has 0 radical (unpaired) electrons. The highest BCUT2D eigenvalue weighted by Gasteiger charge is 2.26. The minimum absolute atomic E-state index is 0.0435. The molecule has 1 aromatic carbocycles. The molecule has 1 aromatic rings. The molecule has 66 valence electrons. The lowest BCUT2D eigenvalue weighted by molar-refractivity contribution is 0.317. The summed E-state index contributed by atoms with van der Waals surface area (Å²) in [6.07, 6.45) is 0. The largest absolute Gasteiger partial charge is 0.504 e. The van der Waals surface area contributed by atoms with Crippen molar-refractivity contribution in [2.24, 2.45) is 5.73 Å². The number of benzene rings is 1. The van der Waals surface area contributed by atoms with Gasteiger partial charge in [0.25, 0.3) is 0 Å². The molecule has 0 bridgehead atoms. The summed E-state index contributed by atoms with van der Waals surface area (Å²) in [6, 6.07) is 4.69. The summed E-state index contributed by atoms with van der Waals surface area (Å²) in [5.41, 5.74) is 6.79. The summed E-state index contributed by atoms with van der Waals surface area (Å²) in [7, 11) is 0. The zero-order valence-corrected chi connectivity index (χ0v) is 6.82. The zero-order chi connectivity index (χ0) is 9.42. The summed E-state index contributed by atoms with van der Waals surface area (Å²) in [5.74, 6) is 0.397. The number of fused-ring (bicyclic) bond motifs is 1. The molecular formula is C9H8N2O2.